The standard InChI is InChI=1S/C22H14Cl2N2O4/c1-12-19(21(27)26(25-12)17-4-2-3-13(9-17)22(28)29)11-18-5-6-20(30-18)14-7-15(23)10-16(24)8-14/h2-11H,1H3,(H,28,29)/b19-11+. The lowest BCUT2D eigenvalue weighted by Gasteiger charge is -2.12. The fraction of sp³-hybridized carbons (Fsp3) is 0.0455. The molecule has 0 aliphatic carbocycles. The van der Waals surface area contributed by atoms with E-state index in [1.165, 1.54) is 17.1 Å². The van der Waals surface area contributed by atoms with Gasteiger partial charge in [0.15, 0.2) is 0 Å². The molecular formula is C22H14Cl2N2O4. The van der Waals surface area contributed by atoms with E-state index in [9.17, 15) is 9.59 Å². The quantitative estimate of drug-likeness (QED) is 0.522. The van der Waals surface area contributed by atoms with Crippen molar-refractivity contribution in [3.05, 3.63) is 81.5 Å². The van der Waals surface area contributed by atoms with Gasteiger partial charge in [-0.05, 0) is 61.5 Å². The van der Waals surface area contributed by atoms with Crippen LogP contribution in [0.1, 0.15) is 23.0 Å². The summed E-state index contributed by atoms with van der Waals surface area (Å²) in [6.07, 6.45) is 1.60. The highest BCUT2D eigenvalue weighted by Crippen LogP contribution is 2.30. The molecule has 2 aromatic carbocycles. The molecule has 1 amide bonds. The van der Waals surface area contributed by atoms with Gasteiger partial charge in [-0.3, -0.25) is 4.79 Å². The molecule has 4 rings (SSSR count). The number of hydrogen-bond donors (Lipinski definition) is 1. The lowest BCUT2D eigenvalue weighted by Crippen LogP contribution is -2.21. The summed E-state index contributed by atoms with van der Waals surface area (Å²) in [6.45, 7) is 1.70. The molecule has 0 saturated heterocycles. The zero-order valence-corrected chi connectivity index (χ0v) is 17.1. The monoisotopic (exact) mass is 440 g/mol. The second-order valence-electron chi connectivity index (χ2n) is 6.58. The normalized spacial score (nSPS) is 15.0. The molecule has 0 bridgehead atoms. The Labute approximate surface area is 181 Å². The van der Waals surface area contributed by atoms with Crippen LogP contribution < -0.4 is 5.01 Å². The first-order chi connectivity index (χ1) is 14.3. The van der Waals surface area contributed by atoms with Crippen molar-refractivity contribution in [2.24, 2.45) is 5.10 Å². The zero-order chi connectivity index (χ0) is 21.4. The minimum Gasteiger partial charge on any atom is -0.478 e. The summed E-state index contributed by atoms with van der Waals surface area (Å²) < 4.78 is 5.83. The van der Waals surface area contributed by atoms with Crippen LogP contribution in [0.3, 0.4) is 0 Å². The van der Waals surface area contributed by atoms with Gasteiger partial charge in [-0.15, -0.1) is 0 Å². The van der Waals surface area contributed by atoms with Crippen LogP contribution in [0.15, 0.2) is 69.7 Å². The lowest BCUT2D eigenvalue weighted by molar-refractivity contribution is -0.114. The highest BCUT2D eigenvalue weighted by atomic mass is 35.5. The van der Waals surface area contributed by atoms with E-state index >= 15 is 0 Å². The summed E-state index contributed by atoms with van der Waals surface area (Å²) in [5.74, 6) is -0.444. The third-order valence-electron chi connectivity index (χ3n) is 4.46. The Kier molecular flexibility index (Phi) is 5.20. The number of hydrazone groups is 1. The van der Waals surface area contributed by atoms with Crippen molar-refractivity contribution in [1.82, 2.24) is 0 Å². The van der Waals surface area contributed by atoms with E-state index in [1.54, 1.807) is 55.5 Å². The number of furan rings is 1. The molecule has 1 aliphatic rings. The van der Waals surface area contributed by atoms with Crippen molar-refractivity contribution in [1.29, 1.82) is 0 Å². The van der Waals surface area contributed by atoms with E-state index in [2.05, 4.69) is 5.10 Å². The molecule has 1 aliphatic heterocycles. The van der Waals surface area contributed by atoms with Gasteiger partial charge in [-0.1, -0.05) is 29.3 Å². The Morgan fingerprint density at radius 2 is 1.83 bits per heavy atom. The zero-order valence-electron chi connectivity index (χ0n) is 15.6. The Balaban J connectivity index is 1.63. The number of carbonyl (C=O) groups excluding carboxylic acids is 1. The van der Waals surface area contributed by atoms with Crippen LogP contribution >= 0.6 is 23.2 Å². The van der Waals surface area contributed by atoms with Gasteiger partial charge in [-0.2, -0.15) is 10.1 Å². The minimum atomic E-state index is -1.08. The van der Waals surface area contributed by atoms with E-state index in [0.29, 0.717) is 44.1 Å². The van der Waals surface area contributed by atoms with Crippen LogP contribution in [0, 0.1) is 0 Å². The first kappa shape index (κ1) is 19.9. The van der Waals surface area contributed by atoms with E-state index in [4.69, 9.17) is 32.7 Å². The van der Waals surface area contributed by atoms with Gasteiger partial charge in [0.05, 0.1) is 22.5 Å². The van der Waals surface area contributed by atoms with Gasteiger partial charge in [0.2, 0.25) is 0 Å². The van der Waals surface area contributed by atoms with Gasteiger partial charge < -0.3 is 9.52 Å². The van der Waals surface area contributed by atoms with Gasteiger partial charge >= 0.3 is 5.97 Å². The second kappa shape index (κ2) is 7.82. The molecule has 1 N–H and O–H groups in total. The van der Waals surface area contributed by atoms with Gasteiger partial charge in [-0.25, -0.2) is 4.79 Å². The Morgan fingerprint density at radius 3 is 2.53 bits per heavy atom. The smallest absolute Gasteiger partial charge is 0.335 e. The highest BCUT2D eigenvalue weighted by molar-refractivity contribution is 6.35. The molecule has 8 heteroatoms. The molecule has 0 fully saturated rings. The van der Waals surface area contributed by atoms with Gasteiger partial charge in [0, 0.05) is 15.6 Å². The number of halogens is 2. The fourth-order valence-corrected chi connectivity index (χ4v) is 3.58. The SMILES string of the molecule is CC1=NN(c2cccc(C(=O)O)c2)C(=O)/C1=C/c1ccc(-c2cc(Cl)cc(Cl)c2)o1. The Morgan fingerprint density at radius 1 is 1.10 bits per heavy atom. The van der Waals surface area contributed by atoms with Crippen molar-refractivity contribution in [3.8, 4) is 11.3 Å². The highest BCUT2D eigenvalue weighted by Gasteiger charge is 2.29. The summed E-state index contributed by atoms with van der Waals surface area (Å²) in [5.41, 5.74) is 2.00. The molecule has 6 nitrogen and oxygen atoms in total. The molecule has 3 aromatic rings. The number of amides is 1. The van der Waals surface area contributed by atoms with Crippen LogP contribution in [-0.2, 0) is 4.79 Å². The number of carbonyl (C=O) groups is 2. The summed E-state index contributed by atoms with van der Waals surface area (Å²) in [6, 6.07) is 14.6. The third kappa shape index (κ3) is 3.87. The van der Waals surface area contributed by atoms with Crippen molar-refractivity contribution in [3.63, 3.8) is 0 Å². The molecule has 0 saturated carbocycles. The summed E-state index contributed by atoms with van der Waals surface area (Å²) in [7, 11) is 0. The lowest BCUT2D eigenvalue weighted by atomic mass is 10.1. The summed E-state index contributed by atoms with van der Waals surface area (Å²) >= 11 is 12.1. The number of hydrogen-bond acceptors (Lipinski definition) is 4. The summed E-state index contributed by atoms with van der Waals surface area (Å²) in [4.78, 5) is 24.1. The van der Waals surface area contributed by atoms with Crippen LogP contribution in [0.2, 0.25) is 10.0 Å². The number of carboxylic acid groups (broad SMARTS) is 1. The van der Waals surface area contributed by atoms with Crippen molar-refractivity contribution >= 4 is 52.6 Å². The molecule has 150 valence electrons. The van der Waals surface area contributed by atoms with Crippen LogP contribution in [0.25, 0.3) is 17.4 Å². The third-order valence-corrected chi connectivity index (χ3v) is 4.90. The number of nitrogens with zero attached hydrogens (tertiary/aromatic N) is 2. The number of benzene rings is 2. The predicted octanol–water partition coefficient (Wildman–Crippen LogP) is 5.76. The van der Waals surface area contributed by atoms with E-state index < -0.39 is 5.97 Å². The molecule has 0 atom stereocenters. The average molecular weight is 441 g/mol. The van der Waals surface area contributed by atoms with Crippen LogP contribution in [0.5, 0.6) is 0 Å². The van der Waals surface area contributed by atoms with Crippen LogP contribution in [-0.4, -0.2) is 22.7 Å². The molecule has 0 radical (unpaired) electrons. The Hall–Kier alpha value is -3.35. The first-order valence-electron chi connectivity index (χ1n) is 8.83. The van der Waals surface area contributed by atoms with E-state index in [0.717, 1.165) is 0 Å². The van der Waals surface area contributed by atoms with Crippen molar-refractivity contribution in [2.45, 2.75) is 6.92 Å². The maximum absolute atomic E-state index is 12.9. The molecular weight excluding hydrogens is 427 g/mol. The predicted molar refractivity (Wildman–Crippen MR) is 116 cm³/mol. The maximum Gasteiger partial charge on any atom is 0.335 e. The molecule has 1 aromatic heterocycles. The van der Waals surface area contributed by atoms with Gasteiger partial charge in [0.25, 0.3) is 5.91 Å². The number of aromatic carboxylic acids is 1. The number of carboxylic acids is 1. The first-order valence-corrected chi connectivity index (χ1v) is 9.59. The summed E-state index contributed by atoms with van der Waals surface area (Å²) in [5, 5.41) is 15.6. The van der Waals surface area contributed by atoms with Gasteiger partial charge in [0.1, 0.15) is 11.5 Å². The average Bonchev–Trinajstić information content (AvgIpc) is 3.28. The number of rotatable bonds is 4. The molecule has 2 heterocycles. The number of anilines is 1. The molecule has 30 heavy (non-hydrogen) atoms. The second-order valence-corrected chi connectivity index (χ2v) is 7.45. The van der Waals surface area contributed by atoms with Crippen LogP contribution in [0.4, 0.5) is 5.69 Å². The van der Waals surface area contributed by atoms with E-state index in [-0.39, 0.29) is 11.5 Å². The van der Waals surface area contributed by atoms with Crippen molar-refractivity contribution < 1.29 is 19.1 Å². The topological polar surface area (TPSA) is 83.1 Å². The largest absolute Gasteiger partial charge is 0.478 e. The molecule has 0 unspecified atom stereocenters. The maximum atomic E-state index is 12.9. The minimum absolute atomic E-state index is 0.0708. The van der Waals surface area contributed by atoms with Crippen molar-refractivity contribution in [2.75, 3.05) is 5.01 Å². The van der Waals surface area contributed by atoms with E-state index in [1.807, 2.05) is 0 Å². The Bertz CT molecular complexity index is 1220. The molecule has 0 spiro atoms. The fourth-order valence-electron chi connectivity index (χ4n) is 3.05.